The molecular weight excluding hydrogens is 444 g/mol. The van der Waals surface area contributed by atoms with Crippen molar-refractivity contribution >= 4 is 23.6 Å². The number of benzene rings is 2. The second kappa shape index (κ2) is 11.4. The zero-order valence-corrected chi connectivity index (χ0v) is 19.7. The van der Waals surface area contributed by atoms with Crippen molar-refractivity contribution in [1.29, 1.82) is 0 Å². The number of amides is 1. The third-order valence-corrected chi connectivity index (χ3v) is 5.95. The highest BCUT2D eigenvalue weighted by atomic mass is 16.5. The van der Waals surface area contributed by atoms with E-state index < -0.39 is 12.1 Å². The molecule has 1 saturated heterocycles. The maximum atomic E-state index is 12.7. The fourth-order valence-electron chi connectivity index (χ4n) is 3.98. The topological polar surface area (TPSA) is 92.7 Å². The summed E-state index contributed by atoms with van der Waals surface area (Å²) in [5, 5.41) is 0. The molecule has 2 aromatic carbocycles. The lowest BCUT2D eigenvalue weighted by Gasteiger charge is -2.35. The Labute approximate surface area is 204 Å². The van der Waals surface area contributed by atoms with E-state index in [0.29, 0.717) is 37.7 Å². The molecule has 0 radical (unpaired) electrons. The first-order valence-corrected chi connectivity index (χ1v) is 11.7. The molecule has 0 unspecified atom stereocenters. The molecule has 180 valence electrons. The third-order valence-electron chi connectivity index (χ3n) is 5.95. The first-order chi connectivity index (χ1) is 17.0. The van der Waals surface area contributed by atoms with Crippen LogP contribution in [0.25, 0.3) is 11.1 Å². The summed E-state index contributed by atoms with van der Waals surface area (Å²) in [5.41, 5.74) is 2.64. The van der Waals surface area contributed by atoms with Crippen LogP contribution in [-0.4, -0.2) is 64.8 Å². The Morgan fingerprint density at radius 1 is 0.829 bits per heavy atom. The summed E-state index contributed by atoms with van der Waals surface area (Å²) in [7, 11) is 0. The fourth-order valence-corrected chi connectivity index (χ4v) is 3.98. The van der Waals surface area contributed by atoms with E-state index in [4.69, 9.17) is 4.74 Å². The van der Waals surface area contributed by atoms with Crippen LogP contribution in [0.5, 0.6) is 0 Å². The monoisotopic (exact) mass is 472 g/mol. The minimum atomic E-state index is -0.901. The zero-order chi connectivity index (χ0) is 24.6. The number of esters is 1. The summed E-state index contributed by atoms with van der Waals surface area (Å²) in [4.78, 5) is 49.7. The Hall–Kier alpha value is -4.07. The lowest BCUT2D eigenvalue weighted by molar-refractivity contribution is -0.159. The number of piperazine rings is 1. The van der Waals surface area contributed by atoms with Gasteiger partial charge in [0.1, 0.15) is 0 Å². The number of rotatable bonds is 8. The summed E-state index contributed by atoms with van der Waals surface area (Å²) in [6.45, 7) is 3.77. The zero-order valence-electron chi connectivity index (χ0n) is 19.7. The van der Waals surface area contributed by atoms with Gasteiger partial charge in [-0.05, 0) is 24.1 Å². The molecule has 0 aliphatic carbocycles. The van der Waals surface area contributed by atoms with Crippen molar-refractivity contribution in [3.8, 4) is 11.1 Å². The van der Waals surface area contributed by atoms with Gasteiger partial charge in [-0.25, -0.2) is 9.97 Å². The number of nitrogens with zero attached hydrogens (tertiary/aromatic N) is 4. The molecule has 35 heavy (non-hydrogen) atoms. The predicted molar refractivity (Wildman–Crippen MR) is 132 cm³/mol. The van der Waals surface area contributed by atoms with Crippen LogP contribution in [0.3, 0.4) is 0 Å². The van der Waals surface area contributed by atoms with Gasteiger partial charge in [-0.2, -0.15) is 0 Å². The highest BCUT2D eigenvalue weighted by Gasteiger charge is 2.28. The van der Waals surface area contributed by atoms with Crippen LogP contribution in [0, 0.1) is 0 Å². The maximum Gasteiger partial charge on any atom is 0.307 e. The fraction of sp³-hybridized carbons (Fsp3) is 0.296. The summed E-state index contributed by atoms with van der Waals surface area (Å²) in [5.74, 6) is -0.301. The van der Waals surface area contributed by atoms with Gasteiger partial charge in [-0.3, -0.25) is 14.4 Å². The smallest absolute Gasteiger partial charge is 0.307 e. The number of hydrogen-bond acceptors (Lipinski definition) is 7. The van der Waals surface area contributed by atoms with E-state index in [9.17, 15) is 14.4 Å². The van der Waals surface area contributed by atoms with Gasteiger partial charge in [0, 0.05) is 50.6 Å². The standard InChI is InChI=1S/C27H28N4O4/c1-20(26(34)30-16-18-31(19-17-30)27-28-14-5-15-29-27)35-25(33)13-12-24(32)23-10-8-22(9-11-23)21-6-3-2-4-7-21/h2-11,14-15,20H,12-13,16-19H2,1H3/t20-/m1/s1. The number of anilines is 1. The van der Waals surface area contributed by atoms with Crippen molar-refractivity contribution in [2.75, 3.05) is 31.1 Å². The maximum absolute atomic E-state index is 12.7. The SMILES string of the molecule is C[C@@H](OC(=O)CCC(=O)c1ccc(-c2ccccc2)cc1)C(=O)N1CCN(c2ncccn2)CC1. The van der Waals surface area contributed by atoms with Gasteiger partial charge in [0.15, 0.2) is 11.9 Å². The van der Waals surface area contributed by atoms with Crippen molar-refractivity contribution in [3.05, 3.63) is 78.6 Å². The summed E-state index contributed by atoms with van der Waals surface area (Å²) in [6.07, 6.45) is 2.43. The Kier molecular flexibility index (Phi) is 7.82. The van der Waals surface area contributed by atoms with Crippen molar-refractivity contribution in [1.82, 2.24) is 14.9 Å². The Balaban J connectivity index is 1.21. The van der Waals surface area contributed by atoms with E-state index in [1.165, 1.54) is 0 Å². The van der Waals surface area contributed by atoms with Crippen LogP contribution < -0.4 is 4.90 Å². The molecule has 1 aliphatic rings. The van der Waals surface area contributed by atoms with Crippen LogP contribution >= 0.6 is 0 Å². The van der Waals surface area contributed by atoms with Crippen LogP contribution in [0.2, 0.25) is 0 Å². The van der Waals surface area contributed by atoms with E-state index in [1.807, 2.05) is 47.4 Å². The average molecular weight is 473 g/mol. The van der Waals surface area contributed by atoms with E-state index in [0.717, 1.165) is 11.1 Å². The second-order valence-corrected chi connectivity index (χ2v) is 8.36. The van der Waals surface area contributed by atoms with Gasteiger partial charge in [-0.1, -0.05) is 54.6 Å². The number of carbonyl (C=O) groups is 3. The molecule has 0 saturated carbocycles. The lowest BCUT2D eigenvalue weighted by Crippen LogP contribution is -2.52. The van der Waals surface area contributed by atoms with Gasteiger partial charge in [-0.15, -0.1) is 0 Å². The van der Waals surface area contributed by atoms with Crippen LogP contribution in [0.1, 0.15) is 30.1 Å². The molecule has 8 nitrogen and oxygen atoms in total. The lowest BCUT2D eigenvalue weighted by atomic mass is 10.0. The molecule has 0 N–H and O–H groups in total. The molecule has 1 fully saturated rings. The normalized spacial score (nSPS) is 14.3. The van der Waals surface area contributed by atoms with Gasteiger partial charge < -0.3 is 14.5 Å². The molecule has 3 aromatic rings. The number of aromatic nitrogens is 2. The minimum Gasteiger partial charge on any atom is -0.453 e. The average Bonchev–Trinajstić information content (AvgIpc) is 2.92. The van der Waals surface area contributed by atoms with Crippen LogP contribution in [0.4, 0.5) is 5.95 Å². The summed E-state index contributed by atoms with van der Waals surface area (Å²) >= 11 is 0. The molecule has 0 spiro atoms. The molecule has 1 atom stereocenters. The Bertz CT molecular complexity index is 1140. The molecule has 2 heterocycles. The van der Waals surface area contributed by atoms with Crippen molar-refractivity contribution in [2.45, 2.75) is 25.9 Å². The Morgan fingerprint density at radius 3 is 2.11 bits per heavy atom. The third kappa shape index (κ3) is 6.29. The largest absolute Gasteiger partial charge is 0.453 e. The first kappa shape index (κ1) is 24.1. The molecule has 0 bridgehead atoms. The first-order valence-electron chi connectivity index (χ1n) is 11.7. The molecule has 4 rings (SSSR count). The number of hydrogen-bond donors (Lipinski definition) is 0. The van der Waals surface area contributed by atoms with Gasteiger partial charge in [0.25, 0.3) is 5.91 Å². The quantitative estimate of drug-likeness (QED) is 0.366. The number of Topliss-reactive ketones (excluding diaryl/α,β-unsaturated/α-hetero) is 1. The molecule has 1 amide bonds. The predicted octanol–water partition coefficient (Wildman–Crippen LogP) is 3.39. The van der Waals surface area contributed by atoms with Crippen molar-refractivity contribution in [2.24, 2.45) is 0 Å². The second-order valence-electron chi connectivity index (χ2n) is 8.36. The van der Waals surface area contributed by atoms with E-state index in [2.05, 4.69) is 9.97 Å². The molecule has 1 aliphatic heterocycles. The summed E-state index contributed by atoms with van der Waals surface area (Å²) in [6, 6.07) is 19.0. The van der Waals surface area contributed by atoms with Crippen molar-refractivity contribution in [3.63, 3.8) is 0 Å². The highest BCUT2D eigenvalue weighted by Crippen LogP contribution is 2.20. The highest BCUT2D eigenvalue weighted by molar-refractivity contribution is 5.98. The van der Waals surface area contributed by atoms with Crippen LogP contribution in [-0.2, 0) is 14.3 Å². The van der Waals surface area contributed by atoms with Crippen molar-refractivity contribution < 1.29 is 19.1 Å². The van der Waals surface area contributed by atoms with E-state index >= 15 is 0 Å². The minimum absolute atomic E-state index is 0.0280. The van der Waals surface area contributed by atoms with E-state index in [1.54, 1.807) is 42.4 Å². The number of carbonyl (C=O) groups excluding carboxylic acids is 3. The molecule has 1 aromatic heterocycles. The van der Waals surface area contributed by atoms with E-state index in [-0.39, 0.29) is 24.5 Å². The van der Waals surface area contributed by atoms with Gasteiger partial charge >= 0.3 is 5.97 Å². The number of ether oxygens (including phenoxy) is 1. The van der Waals surface area contributed by atoms with Crippen LogP contribution in [0.15, 0.2) is 73.1 Å². The summed E-state index contributed by atoms with van der Waals surface area (Å²) < 4.78 is 5.32. The van der Waals surface area contributed by atoms with Gasteiger partial charge in [0.2, 0.25) is 5.95 Å². The molecular formula is C27H28N4O4. The van der Waals surface area contributed by atoms with Gasteiger partial charge in [0.05, 0.1) is 6.42 Å². The number of ketones is 1. The Morgan fingerprint density at radius 2 is 1.46 bits per heavy atom. The molecule has 8 heteroatoms.